The zero-order valence-corrected chi connectivity index (χ0v) is 17.2. The molecule has 0 aromatic heterocycles. The van der Waals surface area contributed by atoms with Crippen molar-refractivity contribution < 1.29 is 9.53 Å². The minimum atomic E-state index is -0.130. The Kier molecular flexibility index (Phi) is 9.32. The van der Waals surface area contributed by atoms with E-state index in [1.54, 1.807) is 0 Å². The zero-order valence-electron chi connectivity index (χ0n) is 16.4. The van der Waals surface area contributed by atoms with Crippen molar-refractivity contribution in [1.29, 1.82) is 0 Å². The van der Waals surface area contributed by atoms with E-state index in [0.29, 0.717) is 6.42 Å². The van der Waals surface area contributed by atoms with Gasteiger partial charge in [0, 0.05) is 6.42 Å². The predicted octanol–water partition coefficient (Wildman–Crippen LogP) is 4.55. The summed E-state index contributed by atoms with van der Waals surface area (Å²) in [5, 5.41) is 3.24. The van der Waals surface area contributed by atoms with Crippen LogP contribution in [-0.2, 0) is 11.2 Å². The molecule has 152 valence electrons. The average molecular weight is 403 g/mol. The van der Waals surface area contributed by atoms with Gasteiger partial charge in [0.1, 0.15) is 5.75 Å². The highest BCUT2D eigenvalue weighted by atomic mass is 35.5. The molecular formula is C23H31ClN2O2. The number of halogens is 1. The van der Waals surface area contributed by atoms with E-state index >= 15 is 0 Å². The normalized spacial score (nSPS) is 13.6. The third-order valence-corrected chi connectivity index (χ3v) is 5.06. The van der Waals surface area contributed by atoms with Gasteiger partial charge in [-0.15, -0.1) is 12.4 Å². The molecule has 0 radical (unpaired) electrons. The minimum absolute atomic E-state index is 0. The number of nitrogens with one attached hydrogen (secondary N) is 1. The van der Waals surface area contributed by atoms with Gasteiger partial charge in [-0.3, -0.25) is 4.79 Å². The Bertz CT molecular complexity index is 737. The first-order valence-electron chi connectivity index (χ1n) is 10.1. The van der Waals surface area contributed by atoms with Crippen molar-refractivity contribution in [3.63, 3.8) is 0 Å². The first-order chi connectivity index (χ1) is 13.3. The van der Waals surface area contributed by atoms with Crippen molar-refractivity contribution in [2.24, 2.45) is 5.73 Å². The molecule has 1 unspecified atom stereocenters. The van der Waals surface area contributed by atoms with Gasteiger partial charge in [-0.05, 0) is 61.1 Å². The second kappa shape index (κ2) is 11.7. The van der Waals surface area contributed by atoms with Gasteiger partial charge in [-0.1, -0.05) is 49.2 Å². The summed E-state index contributed by atoms with van der Waals surface area (Å²) in [5.41, 5.74) is 8.97. The second-order valence-corrected chi connectivity index (χ2v) is 7.18. The molecule has 0 bridgehead atoms. The van der Waals surface area contributed by atoms with Crippen LogP contribution in [0.25, 0.3) is 0 Å². The minimum Gasteiger partial charge on any atom is -0.493 e. The molecule has 1 aliphatic heterocycles. The van der Waals surface area contributed by atoms with Crippen molar-refractivity contribution in [2.45, 2.75) is 51.0 Å². The number of carbonyl (C=O) groups excluding carboxylic acids is 1. The maximum atomic E-state index is 12.6. The largest absolute Gasteiger partial charge is 0.493 e. The molecule has 0 spiro atoms. The lowest BCUT2D eigenvalue weighted by Crippen LogP contribution is -2.29. The molecule has 2 aromatic carbocycles. The Balaban J connectivity index is 0.00000280. The summed E-state index contributed by atoms with van der Waals surface area (Å²) < 4.78 is 5.73. The molecule has 2 aromatic rings. The van der Waals surface area contributed by atoms with E-state index in [-0.39, 0.29) is 24.4 Å². The Morgan fingerprint density at radius 2 is 1.82 bits per heavy atom. The number of hydrogen-bond acceptors (Lipinski definition) is 3. The Morgan fingerprint density at radius 1 is 1.04 bits per heavy atom. The van der Waals surface area contributed by atoms with Gasteiger partial charge in [0.05, 0.1) is 12.6 Å². The molecular weight excluding hydrogens is 372 g/mol. The first kappa shape index (κ1) is 22.3. The summed E-state index contributed by atoms with van der Waals surface area (Å²) in [6.45, 7) is 1.51. The number of hydrogen-bond donors (Lipinski definition) is 2. The number of rotatable bonds is 9. The van der Waals surface area contributed by atoms with E-state index in [0.717, 1.165) is 68.6 Å². The summed E-state index contributed by atoms with van der Waals surface area (Å²) in [7, 11) is 0. The van der Waals surface area contributed by atoms with E-state index in [1.807, 2.05) is 24.3 Å². The third-order valence-electron chi connectivity index (χ3n) is 5.06. The van der Waals surface area contributed by atoms with E-state index < -0.39 is 0 Å². The fraction of sp³-hybridized carbons (Fsp3) is 0.435. The van der Waals surface area contributed by atoms with Crippen molar-refractivity contribution in [3.05, 3.63) is 65.2 Å². The predicted molar refractivity (Wildman–Crippen MR) is 116 cm³/mol. The van der Waals surface area contributed by atoms with Gasteiger partial charge in [-0.25, -0.2) is 0 Å². The van der Waals surface area contributed by atoms with Crippen molar-refractivity contribution >= 4 is 18.3 Å². The molecule has 0 saturated heterocycles. The Morgan fingerprint density at radius 3 is 2.61 bits per heavy atom. The maximum absolute atomic E-state index is 12.6. The number of fused-ring (bicyclic) bond motifs is 1. The van der Waals surface area contributed by atoms with E-state index in [9.17, 15) is 4.79 Å². The van der Waals surface area contributed by atoms with Crippen LogP contribution in [0, 0.1) is 0 Å². The monoisotopic (exact) mass is 402 g/mol. The van der Waals surface area contributed by atoms with Crippen LogP contribution in [0.2, 0.25) is 0 Å². The Hall–Kier alpha value is -2.04. The van der Waals surface area contributed by atoms with E-state index in [1.165, 1.54) is 5.56 Å². The lowest BCUT2D eigenvalue weighted by Gasteiger charge is -2.23. The summed E-state index contributed by atoms with van der Waals surface area (Å²) in [5.74, 6) is 1.08. The van der Waals surface area contributed by atoms with Crippen molar-refractivity contribution in [3.8, 4) is 5.75 Å². The van der Waals surface area contributed by atoms with E-state index in [4.69, 9.17) is 10.5 Å². The molecule has 0 saturated carbocycles. The van der Waals surface area contributed by atoms with Gasteiger partial charge in [0.25, 0.3) is 0 Å². The smallest absolute Gasteiger partial charge is 0.220 e. The third kappa shape index (κ3) is 6.25. The lowest BCUT2D eigenvalue weighted by atomic mass is 9.94. The molecule has 1 atom stereocenters. The van der Waals surface area contributed by atoms with Crippen LogP contribution >= 0.6 is 12.4 Å². The van der Waals surface area contributed by atoms with Crippen LogP contribution in [0.4, 0.5) is 0 Å². The highest BCUT2D eigenvalue weighted by molar-refractivity contribution is 5.85. The highest BCUT2D eigenvalue weighted by Gasteiger charge is 2.19. The van der Waals surface area contributed by atoms with Crippen molar-refractivity contribution in [1.82, 2.24) is 5.32 Å². The number of benzene rings is 2. The fourth-order valence-electron chi connectivity index (χ4n) is 3.58. The summed E-state index contributed by atoms with van der Waals surface area (Å²) in [6, 6.07) is 16.3. The quantitative estimate of drug-likeness (QED) is 0.605. The van der Waals surface area contributed by atoms with Crippen molar-refractivity contribution in [2.75, 3.05) is 13.2 Å². The van der Waals surface area contributed by atoms with Crippen LogP contribution in [0.5, 0.6) is 5.75 Å². The number of nitrogens with two attached hydrogens (primary N) is 1. The number of ether oxygens (including phenoxy) is 1. The zero-order chi connectivity index (χ0) is 18.9. The van der Waals surface area contributed by atoms with Crippen LogP contribution in [0.15, 0.2) is 48.5 Å². The van der Waals surface area contributed by atoms with Gasteiger partial charge < -0.3 is 15.8 Å². The molecule has 0 fully saturated rings. The number of amides is 1. The number of unbranched alkanes of at least 4 members (excludes halogenated alkanes) is 3. The number of aryl methyl sites for hydroxylation is 1. The van der Waals surface area contributed by atoms with E-state index in [2.05, 4.69) is 29.6 Å². The summed E-state index contributed by atoms with van der Waals surface area (Å²) in [4.78, 5) is 12.6. The fourth-order valence-corrected chi connectivity index (χ4v) is 3.58. The standard InChI is InChI=1S/C23H30N2O2.ClH/c24-15-7-2-1-6-12-22(26)25-23(18-9-4-3-5-10-18)20-13-14-21-19(17-20)11-8-16-27-21;/h3-5,9-10,13-14,17,23H,1-2,6-8,11-12,15-16,24H2,(H,25,26);1H. The molecule has 3 N–H and O–H groups in total. The van der Waals surface area contributed by atoms with Gasteiger partial charge in [0.15, 0.2) is 0 Å². The average Bonchev–Trinajstić information content (AvgIpc) is 2.72. The molecule has 0 aliphatic carbocycles. The molecule has 4 nitrogen and oxygen atoms in total. The number of carbonyl (C=O) groups is 1. The maximum Gasteiger partial charge on any atom is 0.220 e. The van der Waals surface area contributed by atoms with Crippen LogP contribution in [-0.4, -0.2) is 19.1 Å². The summed E-state index contributed by atoms with van der Waals surface area (Å²) >= 11 is 0. The first-order valence-corrected chi connectivity index (χ1v) is 10.1. The lowest BCUT2D eigenvalue weighted by molar-refractivity contribution is -0.121. The highest BCUT2D eigenvalue weighted by Crippen LogP contribution is 2.30. The van der Waals surface area contributed by atoms with Gasteiger partial charge in [-0.2, -0.15) is 0 Å². The van der Waals surface area contributed by atoms with Crippen LogP contribution in [0.1, 0.15) is 61.3 Å². The molecule has 3 rings (SSSR count). The molecule has 1 amide bonds. The van der Waals surface area contributed by atoms with Gasteiger partial charge in [0.2, 0.25) is 5.91 Å². The van der Waals surface area contributed by atoms with Crippen LogP contribution < -0.4 is 15.8 Å². The molecule has 28 heavy (non-hydrogen) atoms. The summed E-state index contributed by atoms with van der Waals surface area (Å²) in [6.07, 6.45) is 6.72. The molecule has 5 heteroatoms. The second-order valence-electron chi connectivity index (χ2n) is 7.18. The SMILES string of the molecule is Cl.NCCCCCCC(=O)NC(c1ccccc1)c1ccc2c(c1)CCCO2. The Labute approximate surface area is 174 Å². The van der Waals surface area contributed by atoms with Gasteiger partial charge >= 0.3 is 0 Å². The molecule has 1 heterocycles. The topological polar surface area (TPSA) is 64.4 Å². The molecule has 1 aliphatic rings. The van der Waals surface area contributed by atoms with Crippen LogP contribution in [0.3, 0.4) is 0 Å².